The van der Waals surface area contributed by atoms with E-state index in [1.807, 2.05) is 19.1 Å². The van der Waals surface area contributed by atoms with Gasteiger partial charge in [-0.3, -0.25) is 0 Å². The summed E-state index contributed by atoms with van der Waals surface area (Å²) in [6, 6.07) is 3.90. The fourth-order valence-corrected chi connectivity index (χ4v) is 1.94. The van der Waals surface area contributed by atoms with Crippen LogP contribution in [0.4, 0.5) is 11.4 Å². The molecule has 3 N–H and O–H groups in total. The van der Waals surface area contributed by atoms with Gasteiger partial charge in [-0.05, 0) is 40.5 Å². The minimum atomic E-state index is 0.626. The summed E-state index contributed by atoms with van der Waals surface area (Å²) in [4.78, 5) is 3.95. The highest BCUT2D eigenvalue weighted by atomic mass is 79.9. The van der Waals surface area contributed by atoms with E-state index in [1.165, 1.54) is 6.33 Å². The van der Waals surface area contributed by atoms with Crippen LogP contribution in [0, 0.1) is 6.92 Å². The molecule has 0 saturated heterocycles. The number of hydrogen-bond acceptors (Lipinski definition) is 5. The predicted octanol–water partition coefficient (Wildman–Crippen LogP) is 2.38. The SMILES string of the molecule is Cc1cc(NCCc2ncno2)c(Br)cc1N. The van der Waals surface area contributed by atoms with Gasteiger partial charge in [0, 0.05) is 28.8 Å². The van der Waals surface area contributed by atoms with E-state index < -0.39 is 0 Å². The number of halogens is 1. The van der Waals surface area contributed by atoms with Gasteiger partial charge in [0.2, 0.25) is 5.89 Å². The Hall–Kier alpha value is -1.56. The lowest BCUT2D eigenvalue weighted by Gasteiger charge is -2.10. The van der Waals surface area contributed by atoms with Crippen molar-refractivity contribution in [3.05, 3.63) is 34.4 Å². The third-order valence-corrected chi connectivity index (χ3v) is 3.07. The van der Waals surface area contributed by atoms with Crippen molar-refractivity contribution >= 4 is 27.3 Å². The quantitative estimate of drug-likeness (QED) is 0.847. The number of hydrogen-bond donors (Lipinski definition) is 2. The molecule has 1 heterocycles. The molecule has 0 bridgehead atoms. The van der Waals surface area contributed by atoms with Crippen LogP contribution in [0.15, 0.2) is 27.5 Å². The average molecular weight is 297 g/mol. The third kappa shape index (κ3) is 2.97. The fraction of sp³-hybridized carbons (Fsp3) is 0.273. The maximum Gasteiger partial charge on any atom is 0.228 e. The minimum Gasteiger partial charge on any atom is -0.398 e. The zero-order valence-electron chi connectivity index (χ0n) is 9.40. The van der Waals surface area contributed by atoms with Gasteiger partial charge >= 0.3 is 0 Å². The molecule has 5 nitrogen and oxygen atoms in total. The normalized spacial score (nSPS) is 10.5. The van der Waals surface area contributed by atoms with Crippen LogP contribution < -0.4 is 11.1 Å². The predicted molar refractivity (Wildman–Crippen MR) is 69.8 cm³/mol. The number of rotatable bonds is 4. The third-order valence-electron chi connectivity index (χ3n) is 2.42. The number of nitrogens with one attached hydrogen (secondary N) is 1. The van der Waals surface area contributed by atoms with Crippen molar-refractivity contribution in [2.75, 3.05) is 17.6 Å². The number of anilines is 2. The summed E-state index contributed by atoms with van der Waals surface area (Å²) in [6.45, 7) is 2.70. The van der Waals surface area contributed by atoms with Crippen LogP contribution in [-0.2, 0) is 6.42 Å². The van der Waals surface area contributed by atoms with E-state index >= 15 is 0 Å². The van der Waals surface area contributed by atoms with Gasteiger partial charge in [-0.2, -0.15) is 4.98 Å². The van der Waals surface area contributed by atoms with Gasteiger partial charge in [-0.1, -0.05) is 5.16 Å². The van der Waals surface area contributed by atoms with Crippen LogP contribution in [0.5, 0.6) is 0 Å². The summed E-state index contributed by atoms with van der Waals surface area (Å²) < 4.78 is 5.86. The number of nitrogens with two attached hydrogens (primary N) is 1. The van der Waals surface area contributed by atoms with Gasteiger partial charge in [0.05, 0.1) is 0 Å². The van der Waals surface area contributed by atoms with Crippen molar-refractivity contribution in [2.24, 2.45) is 0 Å². The van der Waals surface area contributed by atoms with Crippen LogP contribution >= 0.6 is 15.9 Å². The molecular weight excluding hydrogens is 284 g/mol. The molecule has 0 spiro atoms. The molecule has 0 aliphatic carbocycles. The first-order valence-corrected chi connectivity index (χ1v) is 6.01. The zero-order valence-corrected chi connectivity index (χ0v) is 11.0. The number of nitrogens with zero attached hydrogens (tertiary/aromatic N) is 2. The topological polar surface area (TPSA) is 77.0 Å². The number of aryl methyl sites for hydroxylation is 1. The van der Waals surface area contributed by atoms with Gasteiger partial charge in [-0.15, -0.1) is 0 Å². The monoisotopic (exact) mass is 296 g/mol. The molecule has 0 amide bonds. The molecule has 2 rings (SSSR count). The molecule has 1 aromatic carbocycles. The Kier molecular flexibility index (Phi) is 3.63. The van der Waals surface area contributed by atoms with Crippen LogP contribution in [0.2, 0.25) is 0 Å². The zero-order chi connectivity index (χ0) is 12.3. The Morgan fingerprint density at radius 2 is 2.29 bits per heavy atom. The Labute approximate surface area is 108 Å². The number of aromatic nitrogens is 2. The molecule has 0 atom stereocenters. The molecule has 0 aliphatic heterocycles. The molecule has 6 heteroatoms. The Bertz CT molecular complexity index is 498. The van der Waals surface area contributed by atoms with Crippen molar-refractivity contribution in [3.63, 3.8) is 0 Å². The maximum absolute atomic E-state index is 5.80. The molecule has 0 aliphatic rings. The van der Waals surface area contributed by atoms with Crippen LogP contribution in [0.1, 0.15) is 11.5 Å². The second-order valence-corrected chi connectivity index (χ2v) is 4.55. The summed E-state index contributed by atoms with van der Waals surface area (Å²) in [6.07, 6.45) is 2.09. The smallest absolute Gasteiger partial charge is 0.228 e. The lowest BCUT2D eigenvalue weighted by Crippen LogP contribution is -2.06. The van der Waals surface area contributed by atoms with Gasteiger partial charge in [0.15, 0.2) is 6.33 Å². The first-order chi connectivity index (χ1) is 8.16. The van der Waals surface area contributed by atoms with Crippen molar-refractivity contribution in [1.29, 1.82) is 0 Å². The lowest BCUT2D eigenvalue weighted by molar-refractivity contribution is 0.380. The minimum absolute atomic E-state index is 0.626. The highest BCUT2D eigenvalue weighted by Crippen LogP contribution is 2.27. The van der Waals surface area contributed by atoms with Crippen LogP contribution in [-0.4, -0.2) is 16.7 Å². The van der Waals surface area contributed by atoms with Gasteiger partial charge in [0.25, 0.3) is 0 Å². The van der Waals surface area contributed by atoms with Crippen LogP contribution in [0.25, 0.3) is 0 Å². The second kappa shape index (κ2) is 5.18. The van der Waals surface area contributed by atoms with E-state index in [0.717, 1.165) is 28.0 Å². The summed E-state index contributed by atoms with van der Waals surface area (Å²) in [5.41, 5.74) is 8.64. The number of nitrogen functional groups attached to an aromatic ring is 1. The van der Waals surface area contributed by atoms with Crippen molar-refractivity contribution in [2.45, 2.75) is 13.3 Å². The maximum atomic E-state index is 5.80. The fourth-order valence-electron chi connectivity index (χ4n) is 1.44. The van der Waals surface area contributed by atoms with Crippen LogP contribution in [0.3, 0.4) is 0 Å². The first kappa shape index (κ1) is 11.9. The Morgan fingerprint density at radius 1 is 1.47 bits per heavy atom. The molecule has 0 radical (unpaired) electrons. The summed E-state index contributed by atoms with van der Waals surface area (Å²) in [5.74, 6) is 0.626. The summed E-state index contributed by atoms with van der Waals surface area (Å²) >= 11 is 3.47. The molecule has 17 heavy (non-hydrogen) atoms. The van der Waals surface area contributed by atoms with E-state index in [2.05, 4.69) is 31.4 Å². The molecule has 0 fully saturated rings. The molecule has 2 aromatic rings. The van der Waals surface area contributed by atoms with Gasteiger partial charge < -0.3 is 15.6 Å². The molecule has 0 saturated carbocycles. The van der Waals surface area contributed by atoms with E-state index in [0.29, 0.717) is 12.3 Å². The van der Waals surface area contributed by atoms with E-state index in [-0.39, 0.29) is 0 Å². The summed E-state index contributed by atoms with van der Waals surface area (Å²) in [5, 5.41) is 6.84. The second-order valence-electron chi connectivity index (χ2n) is 3.70. The molecule has 1 aromatic heterocycles. The molecule has 0 unspecified atom stereocenters. The van der Waals surface area contributed by atoms with Crippen molar-refractivity contribution < 1.29 is 4.52 Å². The first-order valence-electron chi connectivity index (χ1n) is 5.22. The highest BCUT2D eigenvalue weighted by Gasteiger charge is 2.04. The average Bonchev–Trinajstić information content (AvgIpc) is 2.78. The van der Waals surface area contributed by atoms with Crippen molar-refractivity contribution in [1.82, 2.24) is 10.1 Å². The van der Waals surface area contributed by atoms with E-state index in [4.69, 9.17) is 10.3 Å². The highest BCUT2D eigenvalue weighted by molar-refractivity contribution is 9.10. The largest absolute Gasteiger partial charge is 0.398 e. The van der Waals surface area contributed by atoms with E-state index in [1.54, 1.807) is 0 Å². The number of benzene rings is 1. The Balaban J connectivity index is 1.97. The van der Waals surface area contributed by atoms with Gasteiger partial charge in [0.1, 0.15) is 0 Å². The molecular formula is C11H13BrN4O. The van der Waals surface area contributed by atoms with Gasteiger partial charge in [-0.25, -0.2) is 0 Å². The van der Waals surface area contributed by atoms with Crippen molar-refractivity contribution in [3.8, 4) is 0 Å². The van der Waals surface area contributed by atoms with E-state index in [9.17, 15) is 0 Å². The standard InChI is InChI=1S/C11H13BrN4O/c1-7-4-10(8(12)5-9(7)13)14-3-2-11-15-6-16-17-11/h4-6,14H,2-3,13H2,1H3. The molecule has 90 valence electrons. The Morgan fingerprint density at radius 3 is 3.00 bits per heavy atom. The lowest BCUT2D eigenvalue weighted by atomic mass is 10.2. The summed E-state index contributed by atoms with van der Waals surface area (Å²) in [7, 11) is 0.